The van der Waals surface area contributed by atoms with Crippen LogP contribution in [-0.4, -0.2) is 51.9 Å². The molecule has 1 saturated heterocycles. The monoisotopic (exact) mass is 470 g/mol. The first-order valence-corrected chi connectivity index (χ1v) is 11.7. The number of hydrogen-bond donors (Lipinski definition) is 2. The van der Waals surface area contributed by atoms with E-state index in [9.17, 15) is 9.18 Å². The van der Waals surface area contributed by atoms with Crippen LogP contribution < -0.4 is 10.2 Å². The van der Waals surface area contributed by atoms with Gasteiger partial charge in [0.15, 0.2) is 0 Å². The van der Waals surface area contributed by atoms with Crippen molar-refractivity contribution in [3.63, 3.8) is 0 Å². The van der Waals surface area contributed by atoms with Crippen LogP contribution in [0, 0.1) is 12.7 Å². The molecule has 0 radical (unpaired) electrons. The van der Waals surface area contributed by atoms with Crippen molar-refractivity contribution < 1.29 is 9.18 Å². The number of amides is 1. The first-order chi connectivity index (χ1) is 17.1. The Bertz CT molecular complexity index is 1280. The van der Waals surface area contributed by atoms with Crippen LogP contribution in [0.3, 0.4) is 0 Å². The van der Waals surface area contributed by atoms with E-state index >= 15 is 0 Å². The van der Waals surface area contributed by atoms with Gasteiger partial charge >= 0.3 is 0 Å². The van der Waals surface area contributed by atoms with Crippen LogP contribution in [0.5, 0.6) is 0 Å². The van der Waals surface area contributed by atoms with Crippen molar-refractivity contribution in [2.75, 3.05) is 36.4 Å². The molecule has 1 amide bonds. The van der Waals surface area contributed by atoms with Gasteiger partial charge in [0.05, 0.1) is 17.6 Å². The van der Waals surface area contributed by atoms with Crippen LogP contribution in [0.2, 0.25) is 0 Å². The molecule has 0 unspecified atom stereocenters. The Labute approximate surface area is 203 Å². The third kappa shape index (κ3) is 5.07. The molecule has 0 saturated carbocycles. The minimum absolute atomic E-state index is 0.222. The molecule has 0 atom stereocenters. The molecule has 4 aromatic rings. The maximum atomic E-state index is 13.3. The van der Waals surface area contributed by atoms with Crippen molar-refractivity contribution >= 4 is 17.3 Å². The summed E-state index contributed by atoms with van der Waals surface area (Å²) in [6.07, 6.45) is 4.52. The molecule has 8 heteroatoms. The van der Waals surface area contributed by atoms with Crippen LogP contribution >= 0.6 is 0 Å². The fraction of sp³-hybridized carbons (Fsp3) is 0.222. The first-order valence-electron chi connectivity index (χ1n) is 11.7. The molecular formula is C27H27FN6O. The van der Waals surface area contributed by atoms with Crippen LogP contribution in [0.15, 0.2) is 73.2 Å². The number of anilines is 2. The Morgan fingerprint density at radius 2 is 1.77 bits per heavy atom. The molecule has 1 fully saturated rings. The zero-order chi connectivity index (χ0) is 24.2. The highest BCUT2D eigenvalue weighted by atomic mass is 19.1. The van der Waals surface area contributed by atoms with Gasteiger partial charge in [0.2, 0.25) is 0 Å². The number of aryl methyl sites for hydroxylation is 1. The summed E-state index contributed by atoms with van der Waals surface area (Å²) >= 11 is 0. The second-order valence-electron chi connectivity index (χ2n) is 8.63. The maximum absolute atomic E-state index is 13.3. The largest absolute Gasteiger partial charge is 0.369 e. The van der Waals surface area contributed by atoms with Crippen molar-refractivity contribution in [1.82, 2.24) is 19.9 Å². The molecule has 178 valence electrons. The molecule has 2 aromatic heterocycles. The predicted molar refractivity (Wildman–Crippen MR) is 135 cm³/mol. The summed E-state index contributed by atoms with van der Waals surface area (Å²) in [6.45, 7) is 6.05. The van der Waals surface area contributed by atoms with E-state index in [0.29, 0.717) is 6.54 Å². The number of halogens is 1. The van der Waals surface area contributed by atoms with E-state index in [1.54, 1.807) is 6.20 Å². The Morgan fingerprint density at radius 1 is 1.03 bits per heavy atom. The SMILES string of the molecule is Cc1[nH]c(-c2ccccc2)c(CN2CCN(c3ccc(F)cc3)CC2)c1NC(=O)c1cnccn1. The number of aromatic amines is 1. The van der Waals surface area contributed by atoms with Gasteiger partial charge in [0, 0.05) is 62.1 Å². The molecule has 3 heterocycles. The number of benzene rings is 2. The lowest BCUT2D eigenvalue weighted by Crippen LogP contribution is -2.46. The van der Waals surface area contributed by atoms with Crippen LogP contribution in [0.1, 0.15) is 21.7 Å². The summed E-state index contributed by atoms with van der Waals surface area (Å²) in [5.41, 5.74) is 6.08. The molecule has 7 nitrogen and oxygen atoms in total. The van der Waals surface area contributed by atoms with E-state index in [-0.39, 0.29) is 17.4 Å². The number of piperazine rings is 1. The van der Waals surface area contributed by atoms with Gasteiger partial charge in [-0.2, -0.15) is 0 Å². The highest BCUT2D eigenvalue weighted by molar-refractivity contribution is 6.04. The van der Waals surface area contributed by atoms with Crippen LogP contribution in [0.4, 0.5) is 15.8 Å². The molecule has 1 aliphatic heterocycles. The van der Waals surface area contributed by atoms with E-state index in [2.05, 4.69) is 42.2 Å². The molecule has 2 aromatic carbocycles. The number of nitrogens with one attached hydrogen (secondary N) is 2. The van der Waals surface area contributed by atoms with Gasteiger partial charge in [-0.25, -0.2) is 9.37 Å². The van der Waals surface area contributed by atoms with E-state index in [1.807, 2.05) is 37.3 Å². The smallest absolute Gasteiger partial charge is 0.275 e. The molecule has 35 heavy (non-hydrogen) atoms. The first kappa shape index (κ1) is 22.7. The summed E-state index contributed by atoms with van der Waals surface area (Å²) in [6, 6.07) is 16.8. The predicted octanol–water partition coefficient (Wildman–Crippen LogP) is 4.49. The third-order valence-electron chi connectivity index (χ3n) is 6.33. The summed E-state index contributed by atoms with van der Waals surface area (Å²) < 4.78 is 13.3. The molecular weight excluding hydrogens is 443 g/mol. The van der Waals surface area contributed by atoms with E-state index in [1.165, 1.54) is 24.5 Å². The quantitative estimate of drug-likeness (QED) is 0.434. The number of aromatic nitrogens is 3. The number of carbonyl (C=O) groups is 1. The maximum Gasteiger partial charge on any atom is 0.275 e. The fourth-order valence-corrected chi connectivity index (χ4v) is 4.49. The molecule has 2 N–H and O–H groups in total. The number of H-pyrrole nitrogens is 1. The van der Waals surface area contributed by atoms with Crippen molar-refractivity contribution in [3.05, 3.63) is 96.0 Å². The van der Waals surface area contributed by atoms with Gasteiger partial charge < -0.3 is 15.2 Å². The Kier molecular flexibility index (Phi) is 6.54. The van der Waals surface area contributed by atoms with Gasteiger partial charge in [-0.1, -0.05) is 30.3 Å². The molecule has 0 bridgehead atoms. The second kappa shape index (κ2) is 10.1. The highest BCUT2D eigenvalue weighted by Gasteiger charge is 2.24. The highest BCUT2D eigenvalue weighted by Crippen LogP contribution is 2.34. The lowest BCUT2D eigenvalue weighted by Gasteiger charge is -2.36. The van der Waals surface area contributed by atoms with Gasteiger partial charge in [0.1, 0.15) is 11.5 Å². The van der Waals surface area contributed by atoms with E-state index in [0.717, 1.165) is 60.1 Å². The molecule has 0 aliphatic carbocycles. The lowest BCUT2D eigenvalue weighted by atomic mass is 10.1. The molecule has 0 spiro atoms. The zero-order valence-corrected chi connectivity index (χ0v) is 19.5. The minimum Gasteiger partial charge on any atom is -0.369 e. The number of nitrogens with zero attached hydrogens (tertiary/aromatic N) is 4. The van der Waals surface area contributed by atoms with Gasteiger partial charge in [-0.3, -0.25) is 14.7 Å². The van der Waals surface area contributed by atoms with Crippen LogP contribution in [-0.2, 0) is 6.54 Å². The number of hydrogen-bond acceptors (Lipinski definition) is 5. The lowest BCUT2D eigenvalue weighted by molar-refractivity contribution is 0.102. The molecule has 5 rings (SSSR count). The van der Waals surface area contributed by atoms with Gasteiger partial charge in [-0.05, 0) is 36.8 Å². The van der Waals surface area contributed by atoms with Gasteiger partial charge in [0.25, 0.3) is 5.91 Å². The summed E-state index contributed by atoms with van der Waals surface area (Å²) in [5, 5.41) is 3.07. The average Bonchev–Trinajstić information content (AvgIpc) is 3.20. The second-order valence-corrected chi connectivity index (χ2v) is 8.63. The standard InChI is InChI=1S/C27H27FN6O/c1-19-25(32-27(35)24-17-29-11-12-30-24)23(26(31-19)20-5-3-2-4-6-20)18-33-13-15-34(16-14-33)22-9-7-21(28)8-10-22/h2-12,17,31H,13-16,18H2,1H3,(H,32,35). The number of carbonyl (C=O) groups excluding carboxylic acids is 1. The van der Waals surface area contributed by atoms with E-state index < -0.39 is 0 Å². The Morgan fingerprint density at radius 3 is 2.46 bits per heavy atom. The topological polar surface area (TPSA) is 77.2 Å². The van der Waals surface area contributed by atoms with Crippen LogP contribution in [0.25, 0.3) is 11.3 Å². The zero-order valence-electron chi connectivity index (χ0n) is 19.5. The minimum atomic E-state index is -0.290. The van der Waals surface area contributed by atoms with Crippen molar-refractivity contribution in [2.24, 2.45) is 0 Å². The van der Waals surface area contributed by atoms with Gasteiger partial charge in [-0.15, -0.1) is 0 Å². The molecule has 1 aliphatic rings. The number of rotatable bonds is 6. The summed E-state index contributed by atoms with van der Waals surface area (Å²) in [4.78, 5) is 29.2. The van der Waals surface area contributed by atoms with Crippen molar-refractivity contribution in [1.29, 1.82) is 0 Å². The van der Waals surface area contributed by atoms with Crippen molar-refractivity contribution in [3.8, 4) is 11.3 Å². The van der Waals surface area contributed by atoms with E-state index in [4.69, 9.17) is 0 Å². The third-order valence-corrected chi connectivity index (χ3v) is 6.33. The Balaban J connectivity index is 1.38. The fourth-order valence-electron chi connectivity index (χ4n) is 4.49. The van der Waals surface area contributed by atoms with Crippen molar-refractivity contribution in [2.45, 2.75) is 13.5 Å². The summed E-state index contributed by atoms with van der Waals surface area (Å²) in [5.74, 6) is -0.512. The Hall–Kier alpha value is -4.04. The average molecular weight is 471 g/mol. The normalized spacial score (nSPS) is 14.2. The summed E-state index contributed by atoms with van der Waals surface area (Å²) in [7, 11) is 0.